The largest absolute Gasteiger partial charge is 0.484 e. The van der Waals surface area contributed by atoms with Crippen molar-refractivity contribution in [1.29, 1.82) is 0 Å². The monoisotopic (exact) mass is 433 g/mol. The number of hydrogen-bond acceptors (Lipinski definition) is 6. The van der Waals surface area contributed by atoms with Gasteiger partial charge in [-0.15, -0.1) is 11.3 Å². The minimum Gasteiger partial charge on any atom is -0.484 e. The number of fused-ring (bicyclic) bond motifs is 2. The molecule has 2 aromatic heterocycles. The second-order valence-corrected chi connectivity index (χ2v) is 8.22. The van der Waals surface area contributed by atoms with Crippen molar-refractivity contribution in [3.63, 3.8) is 0 Å². The summed E-state index contributed by atoms with van der Waals surface area (Å²) in [4.78, 5) is 28.2. The number of nitrogens with zero attached hydrogens (tertiary/aromatic N) is 1. The van der Waals surface area contributed by atoms with Gasteiger partial charge >= 0.3 is 0 Å². The van der Waals surface area contributed by atoms with Gasteiger partial charge in [0.05, 0.1) is 16.8 Å². The molecule has 0 fully saturated rings. The SMILES string of the molecule is O=C(COc1ccc2c(c1)CCC(=O)N2)NCc1ccc(-c2nc3ccccc3s2)o1. The summed E-state index contributed by atoms with van der Waals surface area (Å²) in [6.45, 7) is 0.167. The van der Waals surface area contributed by atoms with Gasteiger partial charge in [0, 0.05) is 12.1 Å². The van der Waals surface area contributed by atoms with E-state index in [0.29, 0.717) is 30.1 Å². The Kier molecular flexibility index (Phi) is 5.13. The molecule has 31 heavy (non-hydrogen) atoms. The number of thiazole rings is 1. The van der Waals surface area contributed by atoms with E-state index in [2.05, 4.69) is 15.6 Å². The number of ether oxygens (including phenoxy) is 1. The zero-order valence-electron chi connectivity index (χ0n) is 16.5. The van der Waals surface area contributed by atoms with Crippen molar-refractivity contribution >= 4 is 39.1 Å². The minimum atomic E-state index is -0.246. The molecular formula is C23H19N3O4S. The zero-order chi connectivity index (χ0) is 21.2. The molecule has 2 N–H and O–H groups in total. The van der Waals surface area contributed by atoms with Crippen LogP contribution in [0.3, 0.4) is 0 Å². The lowest BCUT2D eigenvalue weighted by molar-refractivity contribution is -0.123. The van der Waals surface area contributed by atoms with Gasteiger partial charge in [-0.3, -0.25) is 9.59 Å². The van der Waals surface area contributed by atoms with E-state index in [1.807, 2.05) is 42.5 Å². The van der Waals surface area contributed by atoms with E-state index < -0.39 is 0 Å². The third-order valence-electron chi connectivity index (χ3n) is 4.97. The maximum atomic E-state index is 12.2. The van der Waals surface area contributed by atoms with Gasteiger partial charge in [0.2, 0.25) is 5.91 Å². The molecule has 0 saturated heterocycles. The van der Waals surface area contributed by atoms with Gasteiger partial charge in [-0.2, -0.15) is 0 Å². The van der Waals surface area contributed by atoms with Gasteiger partial charge in [0.25, 0.3) is 5.91 Å². The summed E-state index contributed by atoms with van der Waals surface area (Å²) in [5, 5.41) is 6.43. The fraction of sp³-hybridized carbons (Fsp3) is 0.174. The molecule has 1 aliphatic rings. The van der Waals surface area contributed by atoms with Crippen LogP contribution in [0.4, 0.5) is 5.69 Å². The molecule has 156 valence electrons. The molecular weight excluding hydrogens is 414 g/mol. The maximum absolute atomic E-state index is 12.2. The topological polar surface area (TPSA) is 93.5 Å². The predicted octanol–water partition coefficient (Wildman–Crippen LogP) is 4.14. The molecule has 7 nitrogen and oxygen atoms in total. The molecule has 3 heterocycles. The number of aromatic nitrogens is 1. The molecule has 8 heteroatoms. The Balaban J connectivity index is 1.15. The van der Waals surface area contributed by atoms with Crippen LogP contribution in [0.15, 0.2) is 59.0 Å². The van der Waals surface area contributed by atoms with Crippen molar-refractivity contribution in [3.05, 3.63) is 65.9 Å². The molecule has 0 atom stereocenters. The van der Waals surface area contributed by atoms with E-state index in [0.717, 1.165) is 26.5 Å². The number of anilines is 1. The molecule has 0 aliphatic carbocycles. The third kappa shape index (κ3) is 4.29. The van der Waals surface area contributed by atoms with E-state index in [4.69, 9.17) is 9.15 Å². The number of rotatable bonds is 6. The van der Waals surface area contributed by atoms with Crippen LogP contribution in [0.1, 0.15) is 17.7 Å². The number of furan rings is 1. The first-order chi connectivity index (χ1) is 15.1. The van der Waals surface area contributed by atoms with Crippen LogP contribution >= 0.6 is 11.3 Å². The highest BCUT2D eigenvalue weighted by Gasteiger charge is 2.16. The molecule has 0 unspecified atom stereocenters. The van der Waals surface area contributed by atoms with Crippen LogP contribution in [0.2, 0.25) is 0 Å². The van der Waals surface area contributed by atoms with Crippen molar-refractivity contribution in [3.8, 4) is 16.5 Å². The number of benzene rings is 2. The number of amides is 2. The fourth-order valence-electron chi connectivity index (χ4n) is 3.40. The van der Waals surface area contributed by atoms with Crippen molar-refractivity contribution in [1.82, 2.24) is 10.3 Å². The van der Waals surface area contributed by atoms with Gasteiger partial charge < -0.3 is 19.8 Å². The normalized spacial score (nSPS) is 13.0. The van der Waals surface area contributed by atoms with E-state index in [1.165, 1.54) is 0 Å². The predicted molar refractivity (Wildman–Crippen MR) is 118 cm³/mol. The summed E-state index contributed by atoms with van der Waals surface area (Å²) in [6.07, 6.45) is 1.12. The second-order valence-electron chi connectivity index (χ2n) is 7.19. The van der Waals surface area contributed by atoms with E-state index >= 15 is 0 Å². The van der Waals surface area contributed by atoms with Crippen molar-refractivity contribution in [2.75, 3.05) is 11.9 Å². The van der Waals surface area contributed by atoms with Crippen LogP contribution in [0.25, 0.3) is 21.0 Å². The van der Waals surface area contributed by atoms with Crippen molar-refractivity contribution in [2.45, 2.75) is 19.4 Å². The number of carbonyl (C=O) groups is 2. The Labute approximate surface area is 182 Å². The molecule has 4 aromatic rings. The summed E-state index contributed by atoms with van der Waals surface area (Å²) in [5.41, 5.74) is 2.75. The fourth-order valence-corrected chi connectivity index (χ4v) is 4.33. The molecule has 0 spiro atoms. The van der Waals surface area contributed by atoms with Gasteiger partial charge in [0.1, 0.15) is 11.5 Å². The third-order valence-corrected chi connectivity index (χ3v) is 6.02. The Morgan fingerprint density at radius 2 is 2.06 bits per heavy atom. The zero-order valence-corrected chi connectivity index (χ0v) is 17.3. The number of nitrogens with one attached hydrogen (secondary N) is 2. The first-order valence-corrected chi connectivity index (χ1v) is 10.7. The van der Waals surface area contributed by atoms with Crippen LogP contribution in [-0.4, -0.2) is 23.4 Å². The van der Waals surface area contributed by atoms with E-state index in [-0.39, 0.29) is 25.0 Å². The second kappa shape index (κ2) is 8.23. The standard InChI is InChI=1S/C23H19N3O4S/c27-21-10-5-14-11-15(6-8-17(14)25-21)29-13-22(28)24-12-16-7-9-19(30-16)23-26-18-3-1-2-4-20(18)31-23/h1-4,6-9,11H,5,10,12-13H2,(H,24,28)(H,25,27). The van der Waals surface area contributed by atoms with Gasteiger partial charge in [-0.1, -0.05) is 12.1 Å². The number of para-hydroxylation sites is 1. The average molecular weight is 433 g/mol. The molecule has 0 radical (unpaired) electrons. The van der Waals surface area contributed by atoms with Crippen LogP contribution in [-0.2, 0) is 22.6 Å². The van der Waals surface area contributed by atoms with E-state index in [1.54, 1.807) is 23.5 Å². The molecule has 0 bridgehead atoms. The molecule has 2 amide bonds. The summed E-state index contributed by atoms with van der Waals surface area (Å²) in [6, 6.07) is 17.0. The highest BCUT2D eigenvalue weighted by Crippen LogP contribution is 2.31. The first kappa shape index (κ1) is 19.3. The number of aryl methyl sites for hydroxylation is 1. The Morgan fingerprint density at radius 1 is 1.16 bits per heavy atom. The highest BCUT2D eigenvalue weighted by molar-refractivity contribution is 7.21. The summed E-state index contributed by atoms with van der Waals surface area (Å²) >= 11 is 1.57. The number of hydrogen-bond donors (Lipinski definition) is 2. The maximum Gasteiger partial charge on any atom is 0.258 e. The van der Waals surface area contributed by atoms with Crippen molar-refractivity contribution in [2.24, 2.45) is 0 Å². The summed E-state index contributed by atoms with van der Waals surface area (Å²) < 4.78 is 12.5. The quantitative estimate of drug-likeness (QED) is 0.477. The molecule has 2 aromatic carbocycles. The van der Waals surface area contributed by atoms with Crippen LogP contribution in [0, 0.1) is 0 Å². The van der Waals surface area contributed by atoms with Gasteiger partial charge in [-0.25, -0.2) is 4.98 Å². The smallest absolute Gasteiger partial charge is 0.258 e. The lowest BCUT2D eigenvalue weighted by atomic mass is 10.0. The highest BCUT2D eigenvalue weighted by atomic mass is 32.1. The Hall–Kier alpha value is -3.65. The summed E-state index contributed by atoms with van der Waals surface area (Å²) in [7, 11) is 0. The van der Waals surface area contributed by atoms with Crippen LogP contribution < -0.4 is 15.4 Å². The lowest BCUT2D eigenvalue weighted by Crippen LogP contribution is -2.28. The van der Waals surface area contributed by atoms with Gasteiger partial charge in [0.15, 0.2) is 17.4 Å². The lowest BCUT2D eigenvalue weighted by Gasteiger charge is -2.17. The first-order valence-electron chi connectivity index (χ1n) is 9.91. The molecule has 0 saturated carbocycles. The van der Waals surface area contributed by atoms with Gasteiger partial charge in [-0.05, 0) is 54.4 Å². The van der Waals surface area contributed by atoms with E-state index in [9.17, 15) is 9.59 Å². The summed E-state index contributed by atoms with van der Waals surface area (Å²) in [5.74, 6) is 1.70. The average Bonchev–Trinajstić information content (AvgIpc) is 3.43. The minimum absolute atomic E-state index is 0.0183. The van der Waals surface area contributed by atoms with Crippen LogP contribution in [0.5, 0.6) is 5.75 Å². The Bertz CT molecular complexity index is 1240. The number of carbonyl (C=O) groups excluding carboxylic acids is 2. The Morgan fingerprint density at radius 3 is 2.97 bits per heavy atom. The molecule has 5 rings (SSSR count). The van der Waals surface area contributed by atoms with Crippen molar-refractivity contribution < 1.29 is 18.7 Å². The molecule has 1 aliphatic heterocycles.